The summed E-state index contributed by atoms with van der Waals surface area (Å²) in [6, 6.07) is 1.48. The van der Waals surface area contributed by atoms with Crippen molar-refractivity contribution in [3.8, 4) is 0 Å². The van der Waals surface area contributed by atoms with Crippen molar-refractivity contribution in [1.29, 1.82) is 0 Å². The molecule has 0 unspecified atom stereocenters. The standard InChI is InChI=1S/C17H20FN3O2/c1-17(2,3)23-16(22)21-6-4-11(5-7-21)14-10-20-15-13(14)8-12(18)9-19-15/h4,8-10H,5-7H2,1-3H3,(H,19,20). The highest BCUT2D eigenvalue weighted by atomic mass is 19.1. The number of aromatic nitrogens is 2. The molecule has 0 aromatic carbocycles. The van der Waals surface area contributed by atoms with Gasteiger partial charge in [-0.2, -0.15) is 0 Å². The smallest absolute Gasteiger partial charge is 0.410 e. The molecule has 0 bridgehead atoms. The molecule has 0 fully saturated rings. The van der Waals surface area contributed by atoms with E-state index in [9.17, 15) is 9.18 Å². The van der Waals surface area contributed by atoms with Crippen molar-refractivity contribution in [2.75, 3.05) is 13.1 Å². The minimum absolute atomic E-state index is 0.306. The predicted octanol–water partition coefficient (Wildman–Crippen LogP) is 3.73. The number of hydrogen-bond acceptors (Lipinski definition) is 3. The number of fused-ring (bicyclic) bond motifs is 1. The number of nitrogens with one attached hydrogen (secondary N) is 1. The number of aromatic amines is 1. The second-order valence-electron chi connectivity index (χ2n) is 6.66. The van der Waals surface area contributed by atoms with Gasteiger partial charge in [-0.25, -0.2) is 14.2 Å². The molecule has 1 aliphatic heterocycles. The Morgan fingerprint density at radius 1 is 1.43 bits per heavy atom. The van der Waals surface area contributed by atoms with Gasteiger partial charge >= 0.3 is 6.09 Å². The van der Waals surface area contributed by atoms with Crippen molar-refractivity contribution in [3.63, 3.8) is 0 Å². The Bertz CT molecular complexity index is 774. The van der Waals surface area contributed by atoms with Crippen molar-refractivity contribution in [2.24, 2.45) is 0 Å². The average molecular weight is 317 g/mol. The normalized spacial score (nSPS) is 15.7. The molecule has 23 heavy (non-hydrogen) atoms. The Balaban J connectivity index is 1.78. The fraction of sp³-hybridized carbons (Fsp3) is 0.412. The first-order valence-corrected chi connectivity index (χ1v) is 7.63. The lowest BCUT2D eigenvalue weighted by Gasteiger charge is -2.29. The van der Waals surface area contributed by atoms with Gasteiger partial charge in [-0.1, -0.05) is 6.08 Å². The number of rotatable bonds is 1. The number of hydrogen-bond donors (Lipinski definition) is 1. The first kappa shape index (κ1) is 15.5. The number of amides is 1. The second-order valence-corrected chi connectivity index (χ2v) is 6.66. The third-order valence-electron chi connectivity index (χ3n) is 3.70. The van der Waals surface area contributed by atoms with Crippen LogP contribution >= 0.6 is 0 Å². The summed E-state index contributed by atoms with van der Waals surface area (Å²) in [7, 11) is 0. The first-order chi connectivity index (χ1) is 10.8. The lowest BCUT2D eigenvalue weighted by molar-refractivity contribution is 0.0270. The van der Waals surface area contributed by atoms with Gasteiger partial charge in [-0.3, -0.25) is 0 Å². The van der Waals surface area contributed by atoms with Gasteiger partial charge in [0, 0.05) is 30.2 Å². The summed E-state index contributed by atoms with van der Waals surface area (Å²) in [4.78, 5) is 20.8. The summed E-state index contributed by atoms with van der Waals surface area (Å²) in [5, 5.41) is 0.766. The first-order valence-electron chi connectivity index (χ1n) is 7.63. The van der Waals surface area contributed by atoms with Gasteiger partial charge in [0.25, 0.3) is 0 Å². The lowest BCUT2D eigenvalue weighted by atomic mass is 10.00. The molecule has 122 valence electrons. The third kappa shape index (κ3) is 3.36. The van der Waals surface area contributed by atoms with Gasteiger partial charge in [0.1, 0.15) is 17.1 Å². The van der Waals surface area contributed by atoms with E-state index < -0.39 is 5.60 Å². The summed E-state index contributed by atoms with van der Waals surface area (Å²) in [6.45, 7) is 6.62. The van der Waals surface area contributed by atoms with E-state index in [4.69, 9.17) is 4.74 Å². The SMILES string of the molecule is CC(C)(C)OC(=O)N1CC=C(c2c[nH]c3ncc(F)cc23)CC1. The minimum atomic E-state index is -0.499. The van der Waals surface area contributed by atoms with Crippen LogP contribution in [0.15, 0.2) is 24.5 Å². The molecule has 3 heterocycles. The number of nitrogens with zero attached hydrogens (tertiary/aromatic N) is 2. The predicted molar refractivity (Wildman–Crippen MR) is 86.5 cm³/mol. The van der Waals surface area contributed by atoms with Gasteiger partial charge in [0.05, 0.1) is 6.20 Å². The van der Waals surface area contributed by atoms with Crippen LogP contribution in [0.1, 0.15) is 32.8 Å². The van der Waals surface area contributed by atoms with Crippen LogP contribution in [0.5, 0.6) is 0 Å². The lowest BCUT2D eigenvalue weighted by Crippen LogP contribution is -2.39. The maximum atomic E-state index is 13.4. The summed E-state index contributed by atoms with van der Waals surface area (Å²) >= 11 is 0. The summed E-state index contributed by atoms with van der Waals surface area (Å²) < 4.78 is 18.8. The molecular weight excluding hydrogens is 297 g/mol. The molecule has 6 heteroatoms. The fourth-order valence-corrected chi connectivity index (χ4v) is 2.65. The van der Waals surface area contributed by atoms with Crippen molar-refractivity contribution in [2.45, 2.75) is 32.8 Å². The second kappa shape index (κ2) is 5.68. The van der Waals surface area contributed by atoms with E-state index >= 15 is 0 Å². The van der Waals surface area contributed by atoms with Gasteiger partial charge < -0.3 is 14.6 Å². The zero-order valence-electron chi connectivity index (χ0n) is 13.5. The van der Waals surface area contributed by atoms with Crippen LogP contribution in [0, 0.1) is 5.82 Å². The zero-order valence-corrected chi connectivity index (χ0v) is 13.5. The Kier molecular flexibility index (Phi) is 3.83. The quantitative estimate of drug-likeness (QED) is 0.872. The van der Waals surface area contributed by atoms with Gasteiger partial charge in [-0.05, 0) is 38.8 Å². The molecule has 0 saturated carbocycles. The molecule has 5 nitrogen and oxygen atoms in total. The Morgan fingerprint density at radius 2 is 2.22 bits per heavy atom. The van der Waals surface area contributed by atoms with Crippen LogP contribution in [-0.4, -0.2) is 39.7 Å². The molecule has 0 radical (unpaired) electrons. The molecule has 2 aromatic heterocycles. The van der Waals surface area contributed by atoms with Crippen LogP contribution in [0.2, 0.25) is 0 Å². The van der Waals surface area contributed by atoms with Gasteiger partial charge in [-0.15, -0.1) is 0 Å². The van der Waals surface area contributed by atoms with Crippen molar-refractivity contribution >= 4 is 22.7 Å². The summed E-state index contributed by atoms with van der Waals surface area (Å²) in [6.07, 6.45) is 5.41. The molecule has 1 aliphatic rings. The highest BCUT2D eigenvalue weighted by molar-refractivity contribution is 5.91. The highest BCUT2D eigenvalue weighted by Gasteiger charge is 2.24. The largest absolute Gasteiger partial charge is 0.444 e. The van der Waals surface area contributed by atoms with Crippen molar-refractivity contribution < 1.29 is 13.9 Å². The van der Waals surface area contributed by atoms with Crippen LogP contribution < -0.4 is 0 Å². The molecule has 3 rings (SSSR count). The molecule has 1 amide bonds. The van der Waals surface area contributed by atoms with Gasteiger partial charge in [0.15, 0.2) is 0 Å². The molecule has 0 aliphatic carbocycles. The summed E-state index contributed by atoms with van der Waals surface area (Å²) in [5.41, 5.74) is 2.19. The molecule has 0 spiro atoms. The Morgan fingerprint density at radius 3 is 2.87 bits per heavy atom. The average Bonchev–Trinajstić information content (AvgIpc) is 2.88. The van der Waals surface area contributed by atoms with E-state index in [1.807, 2.05) is 33.0 Å². The Hall–Kier alpha value is -2.37. The number of carbonyl (C=O) groups excluding carboxylic acids is 1. The summed E-state index contributed by atoms with van der Waals surface area (Å²) in [5.74, 6) is -0.356. The Labute approximate surface area is 134 Å². The van der Waals surface area contributed by atoms with Crippen molar-refractivity contribution in [3.05, 3.63) is 35.9 Å². The fourth-order valence-electron chi connectivity index (χ4n) is 2.65. The number of carbonyl (C=O) groups is 1. The van der Waals surface area contributed by atoms with Crippen molar-refractivity contribution in [1.82, 2.24) is 14.9 Å². The van der Waals surface area contributed by atoms with Crippen LogP contribution in [-0.2, 0) is 4.74 Å². The number of ether oxygens (including phenoxy) is 1. The minimum Gasteiger partial charge on any atom is -0.444 e. The maximum Gasteiger partial charge on any atom is 0.410 e. The van der Waals surface area contributed by atoms with Gasteiger partial charge in [0.2, 0.25) is 0 Å². The maximum absolute atomic E-state index is 13.4. The van der Waals surface area contributed by atoms with E-state index in [0.29, 0.717) is 25.2 Å². The van der Waals surface area contributed by atoms with E-state index in [2.05, 4.69) is 9.97 Å². The molecule has 1 N–H and O–H groups in total. The number of H-pyrrole nitrogens is 1. The number of pyridine rings is 1. The topological polar surface area (TPSA) is 58.2 Å². The third-order valence-corrected chi connectivity index (χ3v) is 3.70. The molecule has 0 atom stereocenters. The molecule has 2 aromatic rings. The van der Waals surface area contributed by atoms with E-state index in [1.165, 1.54) is 12.3 Å². The van der Waals surface area contributed by atoms with Crippen LogP contribution in [0.4, 0.5) is 9.18 Å². The zero-order chi connectivity index (χ0) is 16.6. The van der Waals surface area contributed by atoms with Crippen LogP contribution in [0.25, 0.3) is 16.6 Å². The monoisotopic (exact) mass is 317 g/mol. The van der Waals surface area contributed by atoms with E-state index in [0.717, 1.165) is 16.5 Å². The number of halogens is 1. The highest BCUT2D eigenvalue weighted by Crippen LogP contribution is 2.29. The van der Waals surface area contributed by atoms with Crippen LogP contribution in [0.3, 0.4) is 0 Å². The van der Waals surface area contributed by atoms with E-state index in [1.54, 1.807) is 4.90 Å². The van der Waals surface area contributed by atoms with E-state index in [-0.39, 0.29) is 11.9 Å². The molecular formula is C17H20FN3O2. The molecule has 0 saturated heterocycles.